The van der Waals surface area contributed by atoms with E-state index in [1.54, 1.807) is 0 Å². The molecule has 1 heterocycles. The van der Waals surface area contributed by atoms with Crippen molar-refractivity contribution in [2.75, 3.05) is 10.6 Å². The van der Waals surface area contributed by atoms with Crippen LogP contribution in [0.15, 0.2) is 54.6 Å². The summed E-state index contributed by atoms with van der Waals surface area (Å²) in [6.07, 6.45) is 1.45. The third-order valence-electron chi connectivity index (χ3n) is 4.37. The first kappa shape index (κ1) is 13.0. The summed E-state index contributed by atoms with van der Waals surface area (Å²) in [5.74, 6) is 1.16. The van der Waals surface area contributed by atoms with E-state index in [0.29, 0.717) is 11.8 Å². The fourth-order valence-corrected chi connectivity index (χ4v) is 3.24. The number of anilines is 2. The van der Waals surface area contributed by atoms with Crippen molar-refractivity contribution in [2.45, 2.75) is 32.4 Å². The molecule has 2 aromatic rings. The average molecular weight is 266 g/mol. The van der Waals surface area contributed by atoms with Crippen molar-refractivity contribution in [2.24, 2.45) is 5.92 Å². The quantitative estimate of drug-likeness (QED) is 0.843. The van der Waals surface area contributed by atoms with E-state index >= 15 is 0 Å². The summed E-state index contributed by atoms with van der Waals surface area (Å²) in [6, 6.07) is 19.1. The molecule has 0 fully saturated rings. The minimum absolute atomic E-state index is 0.275. The molecule has 1 aliphatic heterocycles. The van der Waals surface area contributed by atoms with Crippen molar-refractivity contribution in [1.29, 1.82) is 0 Å². The van der Waals surface area contributed by atoms with Gasteiger partial charge in [-0.25, -0.2) is 0 Å². The van der Waals surface area contributed by atoms with E-state index < -0.39 is 0 Å². The van der Waals surface area contributed by atoms with Crippen LogP contribution in [-0.4, -0.2) is 6.17 Å². The second-order valence-electron chi connectivity index (χ2n) is 5.59. The van der Waals surface area contributed by atoms with E-state index in [2.05, 4.69) is 73.0 Å². The molecule has 0 aromatic heterocycles. The Balaban J connectivity index is 1.87. The van der Waals surface area contributed by atoms with Gasteiger partial charge in [0.2, 0.25) is 0 Å². The molecule has 2 nitrogen and oxygen atoms in total. The largest absolute Gasteiger partial charge is 0.365 e. The van der Waals surface area contributed by atoms with Gasteiger partial charge < -0.3 is 10.6 Å². The normalized spacial score (nSPS) is 24.6. The van der Waals surface area contributed by atoms with Gasteiger partial charge in [-0.1, -0.05) is 50.2 Å². The fraction of sp³-hybridized carbons (Fsp3) is 0.333. The molecule has 20 heavy (non-hydrogen) atoms. The van der Waals surface area contributed by atoms with E-state index in [1.807, 2.05) is 6.07 Å². The van der Waals surface area contributed by atoms with Crippen LogP contribution in [0.3, 0.4) is 0 Å². The summed E-state index contributed by atoms with van der Waals surface area (Å²) < 4.78 is 0. The third kappa shape index (κ3) is 2.38. The Morgan fingerprint density at radius 3 is 2.45 bits per heavy atom. The van der Waals surface area contributed by atoms with Crippen molar-refractivity contribution in [3.05, 3.63) is 60.2 Å². The average Bonchev–Trinajstić information content (AvgIpc) is 2.49. The topological polar surface area (TPSA) is 24.1 Å². The van der Waals surface area contributed by atoms with Crippen LogP contribution in [0.5, 0.6) is 0 Å². The number of hydrogen-bond donors (Lipinski definition) is 2. The Labute approximate surface area is 121 Å². The van der Waals surface area contributed by atoms with Gasteiger partial charge in [-0.3, -0.25) is 0 Å². The van der Waals surface area contributed by atoms with Gasteiger partial charge in [0.1, 0.15) is 0 Å². The molecule has 0 spiro atoms. The van der Waals surface area contributed by atoms with Gasteiger partial charge in [0.15, 0.2) is 0 Å². The van der Waals surface area contributed by atoms with Gasteiger partial charge in [-0.05, 0) is 36.1 Å². The molecule has 1 aliphatic rings. The predicted octanol–water partition coefficient (Wildman–Crippen LogP) is 4.68. The van der Waals surface area contributed by atoms with Gasteiger partial charge in [0.25, 0.3) is 0 Å². The zero-order valence-electron chi connectivity index (χ0n) is 12.1. The van der Waals surface area contributed by atoms with Crippen LogP contribution in [0.1, 0.15) is 31.7 Å². The minimum atomic E-state index is 0.275. The highest BCUT2D eigenvalue weighted by Gasteiger charge is 2.32. The van der Waals surface area contributed by atoms with Crippen LogP contribution >= 0.6 is 0 Å². The second-order valence-corrected chi connectivity index (χ2v) is 5.59. The molecule has 0 aliphatic carbocycles. The van der Waals surface area contributed by atoms with Crippen molar-refractivity contribution >= 4 is 11.4 Å². The summed E-state index contributed by atoms with van der Waals surface area (Å²) in [5, 5.41) is 7.27. The Hall–Kier alpha value is -1.96. The van der Waals surface area contributed by atoms with Gasteiger partial charge >= 0.3 is 0 Å². The van der Waals surface area contributed by atoms with E-state index in [9.17, 15) is 0 Å². The fourth-order valence-electron chi connectivity index (χ4n) is 3.24. The molecule has 0 saturated heterocycles. The second kappa shape index (κ2) is 5.58. The molecule has 2 N–H and O–H groups in total. The van der Waals surface area contributed by atoms with Crippen LogP contribution in [0.25, 0.3) is 0 Å². The number of hydrogen-bond acceptors (Lipinski definition) is 2. The SMILES string of the molecule is CC[C@@H]1c2ccccc2N[C@H](Nc2ccccc2)[C@H]1C. The van der Waals surface area contributed by atoms with Crippen LogP contribution in [-0.2, 0) is 0 Å². The highest BCUT2D eigenvalue weighted by atomic mass is 15.1. The zero-order valence-corrected chi connectivity index (χ0v) is 12.1. The smallest absolute Gasteiger partial charge is 0.0996 e. The Bertz CT molecular complexity index is 565. The lowest BCUT2D eigenvalue weighted by Crippen LogP contribution is -2.41. The maximum atomic E-state index is 3.65. The van der Waals surface area contributed by atoms with Crippen molar-refractivity contribution < 1.29 is 0 Å². The van der Waals surface area contributed by atoms with Crippen LogP contribution in [0.2, 0.25) is 0 Å². The lowest BCUT2D eigenvalue weighted by Gasteiger charge is -2.39. The predicted molar refractivity (Wildman–Crippen MR) is 86.1 cm³/mol. The molecule has 0 unspecified atom stereocenters. The minimum Gasteiger partial charge on any atom is -0.365 e. The molecule has 3 atom stereocenters. The highest BCUT2D eigenvalue weighted by molar-refractivity contribution is 5.58. The molecular formula is C18H22N2. The zero-order chi connectivity index (χ0) is 13.9. The van der Waals surface area contributed by atoms with Gasteiger partial charge in [0.05, 0.1) is 6.17 Å². The van der Waals surface area contributed by atoms with E-state index in [-0.39, 0.29) is 6.17 Å². The Morgan fingerprint density at radius 2 is 1.70 bits per heavy atom. The molecule has 2 heteroatoms. The molecule has 0 amide bonds. The number of benzene rings is 2. The maximum Gasteiger partial charge on any atom is 0.0996 e. The van der Waals surface area contributed by atoms with Crippen molar-refractivity contribution in [3.63, 3.8) is 0 Å². The molecule has 0 radical (unpaired) electrons. The summed E-state index contributed by atoms with van der Waals surface area (Å²) in [5.41, 5.74) is 3.89. The molecule has 0 saturated carbocycles. The number of fused-ring (bicyclic) bond motifs is 1. The first-order chi connectivity index (χ1) is 9.79. The van der Waals surface area contributed by atoms with Crippen LogP contribution < -0.4 is 10.6 Å². The summed E-state index contributed by atoms with van der Waals surface area (Å²) in [4.78, 5) is 0. The first-order valence-electron chi connectivity index (χ1n) is 7.46. The van der Waals surface area contributed by atoms with Crippen molar-refractivity contribution in [3.8, 4) is 0 Å². The van der Waals surface area contributed by atoms with E-state index in [0.717, 1.165) is 0 Å². The lowest BCUT2D eigenvalue weighted by atomic mass is 9.79. The number of para-hydroxylation sites is 2. The van der Waals surface area contributed by atoms with E-state index in [4.69, 9.17) is 0 Å². The maximum absolute atomic E-state index is 3.65. The third-order valence-corrected chi connectivity index (χ3v) is 4.37. The molecule has 104 valence electrons. The molecule has 0 bridgehead atoms. The van der Waals surface area contributed by atoms with E-state index in [1.165, 1.54) is 23.4 Å². The first-order valence-corrected chi connectivity index (χ1v) is 7.46. The number of nitrogens with one attached hydrogen (secondary N) is 2. The van der Waals surface area contributed by atoms with Crippen LogP contribution in [0.4, 0.5) is 11.4 Å². The number of rotatable bonds is 3. The summed E-state index contributed by atoms with van der Waals surface area (Å²) in [7, 11) is 0. The highest BCUT2D eigenvalue weighted by Crippen LogP contribution is 2.40. The van der Waals surface area contributed by atoms with Gasteiger partial charge in [-0.15, -0.1) is 0 Å². The Morgan fingerprint density at radius 1 is 1.00 bits per heavy atom. The van der Waals surface area contributed by atoms with Gasteiger partial charge in [-0.2, -0.15) is 0 Å². The lowest BCUT2D eigenvalue weighted by molar-refractivity contribution is 0.396. The monoisotopic (exact) mass is 266 g/mol. The summed E-state index contributed by atoms with van der Waals surface area (Å²) >= 11 is 0. The molecule has 3 rings (SSSR count). The van der Waals surface area contributed by atoms with Crippen LogP contribution in [0, 0.1) is 5.92 Å². The Kier molecular flexibility index (Phi) is 3.64. The summed E-state index contributed by atoms with van der Waals surface area (Å²) in [6.45, 7) is 4.61. The van der Waals surface area contributed by atoms with Crippen molar-refractivity contribution in [1.82, 2.24) is 0 Å². The standard InChI is InChI=1S/C18H22N2/c1-3-15-13(2)18(19-14-9-5-4-6-10-14)20-17-12-8-7-11-16(15)17/h4-13,15,18-20H,3H2,1-2H3/t13-,15-,18-/m0/s1. The molecule has 2 aromatic carbocycles. The van der Waals surface area contributed by atoms with Gasteiger partial charge in [0, 0.05) is 17.3 Å². The molecular weight excluding hydrogens is 244 g/mol.